The molecule has 1 saturated heterocycles. The quantitative estimate of drug-likeness (QED) is 0.904. The highest BCUT2D eigenvalue weighted by Crippen LogP contribution is 2.35. The van der Waals surface area contributed by atoms with Crippen molar-refractivity contribution >= 4 is 5.69 Å². The van der Waals surface area contributed by atoms with Gasteiger partial charge in [0.15, 0.2) is 0 Å². The number of rotatable bonds is 4. The summed E-state index contributed by atoms with van der Waals surface area (Å²) in [5.41, 5.74) is 1.27. The first kappa shape index (κ1) is 14.0. The Labute approximate surface area is 115 Å². The lowest BCUT2D eigenvalue weighted by atomic mass is 10.0. The Kier molecular flexibility index (Phi) is 3.90. The fourth-order valence-electron chi connectivity index (χ4n) is 2.67. The molecule has 106 valence electrons. The van der Waals surface area contributed by atoms with Crippen LogP contribution in [0.5, 0.6) is 11.5 Å². The highest BCUT2D eigenvalue weighted by atomic mass is 16.5. The van der Waals surface area contributed by atoms with E-state index < -0.39 is 0 Å². The Bertz CT molecular complexity index is 446. The summed E-state index contributed by atoms with van der Waals surface area (Å²) in [5.74, 6) is 1.74. The van der Waals surface area contributed by atoms with Gasteiger partial charge in [0.2, 0.25) is 0 Å². The molecule has 1 fully saturated rings. The molecule has 1 N–H and O–H groups in total. The molecule has 1 atom stereocenters. The summed E-state index contributed by atoms with van der Waals surface area (Å²) in [7, 11) is 5.51. The lowest BCUT2D eigenvalue weighted by Gasteiger charge is -2.28. The molecule has 1 aromatic carbocycles. The number of hydrogen-bond donors (Lipinski definition) is 1. The van der Waals surface area contributed by atoms with Crippen molar-refractivity contribution in [2.45, 2.75) is 31.8 Å². The topological polar surface area (TPSA) is 33.7 Å². The van der Waals surface area contributed by atoms with E-state index in [-0.39, 0.29) is 5.54 Å². The van der Waals surface area contributed by atoms with E-state index in [2.05, 4.69) is 31.1 Å². The maximum absolute atomic E-state index is 5.46. The second-order valence-electron chi connectivity index (χ2n) is 5.77. The number of hydrogen-bond acceptors (Lipinski definition) is 4. The summed E-state index contributed by atoms with van der Waals surface area (Å²) in [6, 6.07) is 6.38. The molecule has 1 heterocycles. The van der Waals surface area contributed by atoms with Crippen molar-refractivity contribution in [2.75, 3.05) is 32.7 Å². The molecule has 0 amide bonds. The molecule has 1 aromatic rings. The number of likely N-dealkylation sites (N-methyl/N-ethyl adjacent to an activating group) is 1. The van der Waals surface area contributed by atoms with Gasteiger partial charge in [-0.15, -0.1) is 0 Å². The first-order valence-electron chi connectivity index (χ1n) is 6.67. The average molecular weight is 264 g/mol. The van der Waals surface area contributed by atoms with Crippen LogP contribution in [-0.4, -0.2) is 39.4 Å². The number of ether oxygens (including phenoxy) is 2. The molecule has 1 aliphatic rings. The Morgan fingerprint density at radius 2 is 2.00 bits per heavy atom. The third kappa shape index (κ3) is 2.95. The summed E-state index contributed by atoms with van der Waals surface area (Å²) < 4.78 is 10.8. The number of nitrogens with zero attached hydrogens (tertiary/aromatic N) is 1. The fourth-order valence-corrected chi connectivity index (χ4v) is 2.67. The van der Waals surface area contributed by atoms with Crippen LogP contribution in [0, 0.1) is 0 Å². The van der Waals surface area contributed by atoms with Gasteiger partial charge in [-0.3, -0.25) is 0 Å². The van der Waals surface area contributed by atoms with Gasteiger partial charge in [-0.2, -0.15) is 0 Å². The van der Waals surface area contributed by atoms with Crippen molar-refractivity contribution in [3.8, 4) is 11.5 Å². The molecule has 19 heavy (non-hydrogen) atoms. The zero-order chi connectivity index (χ0) is 14.0. The van der Waals surface area contributed by atoms with Crippen LogP contribution < -0.4 is 19.7 Å². The minimum atomic E-state index is 0.199. The van der Waals surface area contributed by atoms with Crippen LogP contribution in [0.4, 0.5) is 5.69 Å². The van der Waals surface area contributed by atoms with Crippen LogP contribution >= 0.6 is 0 Å². The van der Waals surface area contributed by atoms with E-state index in [1.165, 1.54) is 0 Å². The van der Waals surface area contributed by atoms with E-state index >= 15 is 0 Å². The number of methoxy groups -OCH3 is 2. The van der Waals surface area contributed by atoms with Crippen molar-refractivity contribution in [3.63, 3.8) is 0 Å². The first-order chi connectivity index (χ1) is 8.96. The predicted octanol–water partition coefficient (Wildman–Crippen LogP) is 2.28. The molecule has 0 aromatic heterocycles. The Balaban J connectivity index is 2.25. The highest BCUT2D eigenvalue weighted by molar-refractivity contribution is 5.62. The zero-order valence-electron chi connectivity index (χ0n) is 12.5. The van der Waals surface area contributed by atoms with E-state index in [1.807, 2.05) is 18.2 Å². The largest absolute Gasteiger partial charge is 0.497 e. The predicted molar refractivity (Wildman–Crippen MR) is 78.4 cm³/mol. The van der Waals surface area contributed by atoms with E-state index in [1.54, 1.807) is 14.2 Å². The Hall–Kier alpha value is -1.42. The number of benzene rings is 1. The van der Waals surface area contributed by atoms with Crippen molar-refractivity contribution in [3.05, 3.63) is 18.2 Å². The first-order valence-corrected chi connectivity index (χ1v) is 6.67. The Morgan fingerprint density at radius 3 is 2.53 bits per heavy atom. The lowest BCUT2D eigenvalue weighted by molar-refractivity contribution is 0.402. The van der Waals surface area contributed by atoms with E-state index in [9.17, 15) is 0 Å². The molecule has 0 aliphatic carbocycles. The van der Waals surface area contributed by atoms with Crippen LogP contribution in [0.25, 0.3) is 0 Å². The van der Waals surface area contributed by atoms with E-state index in [0.717, 1.165) is 30.2 Å². The van der Waals surface area contributed by atoms with Gasteiger partial charge in [-0.05, 0) is 32.4 Å². The lowest BCUT2D eigenvalue weighted by Crippen LogP contribution is -2.33. The van der Waals surface area contributed by atoms with Gasteiger partial charge in [0.1, 0.15) is 11.5 Å². The van der Waals surface area contributed by atoms with Gasteiger partial charge in [-0.1, -0.05) is 0 Å². The molecule has 4 nitrogen and oxygen atoms in total. The molecule has 0 spiro atoms. The van der Waals surface area contributed by atoms with Crippen molar-refractivity contribution < 1.29 is 9.47 Å². The maximum Gasteiger partial charge on any atom is 0.142 e. The van der Waals surface area contributed by atoms with Crippen molar-refractivity contribution in [1.82, 2.24) is 5.32 Å². The molecular weight excluding hydrogens is 240 g/mol. The monoisotopic (exact) mass is 264 g/mol. The third-order valence-electron chi connectivity index (χ3n) is 3.88. The van der Waals surface area contributed by atoms with Gasteiger partial charge in [0.25, 0.3) is 0 Å². The molecule has 2 rings (SSSR count). The SMILES string of the molecule is COc1ccc(OC)c(N(C)C2CNC(C)(C)C2)c1. The van der Waals surface area contributed by atoms with Crippen LogP contribution in [-0.2, 0) is 0 Å². The molecule has 0 saturated carbocycles. The summed E-state index contributed by atoms with van der Waals surface area (Å²) in [5, 5.41) is 3.55. The second-order valence-corrected chi connectivity index (χ2v) is 5.77. The van der Waals surface area contributed by atoms with Gasteiger partial charge in [0.05, 0.1) is 19.9 Å². The van der Waals surface area contributed by atoms with Crippen LogP contribution in [0.3, 0.4) is 0 Å². The Morgan fingerprint density at radius 1 is 1.26 bits per heavy atom. The van der Waals surface area contributed by atoms with Crippen molar-refractivity contribution in [2.24, 2.45) is 0 Å². The molecule has 1 unspecified atom stereocenters. The normalized spacial score (nSPS) is 21.2. The summed E-state index contributed by atoms with van der Waals surface area (Å²) in [6.07, 6.45) is 1.11. The second kappa shape index (κ2) is 5.29. The molecule has 0 bridgehead atoms. The van der Waals surface area contributed by atoms with Gasteiger partial charge in [-0.25, -0.2) is 0 Å². The highest BCUT2D eigenvalue weighted by Gasteiger charge is 2.33. The summed E-state index contributed by atoms with van der Waals surface area (Å²) >= 11 is 0. The average Bonchev–Trinajstić information content (AvgIpc) is 2.77. The van der Waals surface area contributed by atoms with Crippen LogP contribution in [0.15, 0.2) is 18.2 Å². The molecule has 1 aliphatic heterocycles. The van der Waals surface area contributed by atoms with Crippen LogP contribution in [0.2, 0.25) is 0 Å². The molecule has 4 heteroatoms. The summed E-state index contributed by atoms with van der Waals surface area (Å²) in [6.45, 7) is 5.47. The van der Waals surface area contributed by atoms with Gasteiger partial charge in [0, 0.05) is 31.2 Å². The molecule has 0 radical (unpaired) electrons. The van der Waals surface area contributed by atoms with Crippen molar-refractivity contribution in [1.29, 1.82) is 0 Å². The van der Waals surface area contributed by atoms with E-state index in [0.29, 0.717) is 6.04 Å². The summed E-state index contributed by atoms with van der Waals surface area (Å²) in [4.78, 5) is 2.28. The van der Waals surface area contributed by atoms with Gasteiger partial charge >= 0.3 is 0 Å². The smallest absolute Gasteiger partial charge is 0.142 e. The zero-order valence-corrected chi connectivity index (χ0v) is 12.5. The molecular formula is C15H24N2O2. The third-order valence-corrected chi connectivity index (χ3v) is 3.88. The minimum Gasteiger partial charge on any atom is -0.497 e. The van der Waals surface area contributed by atoms with Crippen LogP contribution in [0.1, 0.15) is 20.3 Å². The minimum absolute atomic E-state index is 0.199. The van der Waals surface area contributed by atoms with Gasteiger partial charge < -0.3 is 19.7 Å². The number of anilines is 1. The fraction of sp³-hybridized carbons (Fsp3) is 0.600. The number of nitrogens with one attached hydrogen (secondary N) is 1. The standard InChI is InChI=1S/C15H24N2O2/c1-15(2)9-11(10-16-15)17(3)13-8-12(18-4)6-7-14(13)19-5/h6-8,11,16H,9-10H2,1-5H3. The maximum atomic E-state index is 5.46. The van der Waals surface area contributed by atoms with E-state index in [4.69, 9.17) is 9.47 Å².